The highest BCUT2D eigenvalue weighted by atomic mass is 16.5. The number of carbonyl (C=O) groups is 1. The van der Waals surface area contributed by atoms with Gasteiger partial charge in [0.2, 0.25) is 0 Å². The molecule has 2 atom stereocenters. The van der Waals surface area contributed by atoms with Crippen LogP contribution in [-0.2, 0) is 9.53 Å². The van der Waals surface area contributed by atoms with Crippen LogP contribution in [0.25, 0.3) is 0 Å². The molecule has 1 aliphatic carbocycles. The normalized spacial score (nSPS) is 26.9. The fourth-order valence-electron chi connectivity index (χ4n) is 2.80. The Balaban J connectivity index is 2.26. The van der Waals surface area contributed by atoms with Crippen LogP contribution in [0.3, 0.4) is 0 Å². The summed E-state index contributed by atoms with van der Waals surface area (Å²) >= 11 is 0. The van der Waals surface area contributed by atoms with E-state index in [0.717, 1.165) is 24.9 Å². The summed E-state index contributed by atoms with van der Waals surface area (Å²) in [5.41, 5.74) is 1.65. The summed E-state index contributed by atoms with van der Waals surface area (Å²) in [7, 11) is 1.46. The van der Waals surface area contributed by atoms with Crippen molar-refractivity contribution in [2.45, 2.75) is 38.6 Å². The Kier molecular flexibility index (Phi) is 3.60. The van der Waals surface area contributed by atoms with Crippen molar-refractivity contribution < 1.29 is 9.53 Å². The zero-order chi connectivity index (χ0) is 13.2. The van der Waals surface area contributed by atoms with Crippen molar-refractivity contribution in [3.8, 4) is 0 Å². The maximum Gasteiger partial charge on any atom is 0.331 e. The van der Waals surface area contributed by atoms with E-state index in [9.17, 15) is 4.79 Å². The molecule has 2 rings (SSSR count). The number of aryl methyl sites for hydroxylation is 1. The van der Waals surface area contributed by atoms with E-state index in [-0.39, 0.29) is 5.97 Å². The Hall–Kier alpha value is -1.51. The van der Waals surface area contributed by atoms with Crippen molar-refractivity contribution in [3.63, 3.8) is 0 Å². The van der Waals surface area contributed by atoms with Crippen LogP contribution in [0, 0.1) is 12.8 Å². The van der Waals surface area contributed by atoms with E-state index in [2.05, 4.69) is 19.2 Å². The van der Waals surface area contributed by atoms with Crippen LogP contribution < -0.4 is 5.32 Å². The summed E-state index contributed by atoms with van der Waals surface area (Å²) in [6, 6.07) is 8.13. The van der Waals surface area contributed by atoms with Crippen LogP contribution >= 0.6 is 0 Å². The number of hydrogen-bond donors (Lipinski definition) is 1. The highest BCUT2D eigenvalue weighted by molar-refractivity contribution is 5.85. The van der Waals surface area contributed by atoms with Gasteiger partial charge in [0.1, 0.15) is 5.54 Å². The zero-order valence-corrected chi connectivity index (χ0v) is 11.3. The van der Waals surface area contributed by atoms with Crippen molar-refractivity contribution in [1.29, 1.82) is 0 Å². The molecule has 1 saturated carbocycles. The molecule has 0 amide bonds. The second kappa shape index (κ2) is 5.01. The van der Waals surface area contributed by atoms with Gasteiger partial charge in [0.15, 0.2) is 0 Å². The molecule has 0 spiro atoms. The first-order valence-corrected chi connectivity index (χ1v) is 6.52. The third-order valence-corrected chi connectivity index (χ3v) is 4.02. The third-order valence-electron chi connectivity index (χ3n) is 4.02. The average molecular weight is 247 g/mol. The van der Waals surface area contributed by atoms with Gasteiger partial charge in [-0.15, -0.1) is 0 Å². The Morgan fingerprint density at radius 1 is 1.39 bits per heavy atom. The second-order valence-corrected chi connectivity index (χ2v) is 5.25. The summed E-state index contributed by atoms with van der Waals surface area (Å²) in [6.07, 6.45) is 2.97. The molecule has 1 aliphatic rings. The molecule has 3 heteroatoms. The van der Waals surface area contributed by atoms with E-state index < -0.39 is 5.54 Å². The highest BCUT2D eigenvalue weighted by Gasteiger charge is 2.47. The van der Waals surface area contributed by atoms with Crippen LogP contribution in [0.1, 0.15) is 31.7 Å². The molecule has 0 heterocycles. The Labute approximate surface area is 109 Å². The van der Waals surface area contributed by atoms with E-state index in [0.29, 0.717) is 5.92 Å². The van der Waals surface area contributed by atoms with Gasteiger partial charge in [-0.25, -0.2) is 4.79 Å². The fraction of sp³-hybridized carbons (Fsp3) is 0.533. The van der Waals surface area contributed by atoms with Gasteiger partial charge in [-0.05, 0) is 37.8 Å². The first-order chi connectivity index (χ1) is 8.58. The molecular weight excluding hydrogens is 226 g/mol. The van der Waals surface area contributed by atoms with E-state index in [4.69, 9.17) is 4.74 Å². The van der Waals surface area contributed by atoms with E-state index >= 15 is 0 Å². The number of anilines is 1. The predicted octanol–water partition coefficient (Wildman–Crippen LogP) is 3.14. The van der Waals surface area contributed by atoms with Crippen molar-refractivity contribution in [2.24, 2.45) is 5.92 Å². The minimum Gasteiger partial charge on any atom is -0.467 e. The molecule has 1 aromatic carbocycles. The number of rotatable bonds is 3. The van der Waals surface area contributed by atoms with Crippen LogP contribution in [0.4, 0.5) is 5.69 Å². The van der Waals surface area contributed by atoms with Gasteiger partial charge in [-0.3, -0.25) is 0 Å². The lowest BCUT2D eigenvalue weighted by Gasteiger charge is -2.32. The van der Waals surface area contributed by atoms with E-state index in [1.54, 1.807) is 0 Å². The lowest BCUT2D eigenvalue weighted by atomic mass is 9.88. The summed E-state index contributed by atoms with van der Waals surface area (Å²) in [5.74, 6) is 0.152. The van der Waals surface area contributed by atoms with Crippen LogP contribution in [0.2, 0.25) is 0 Å². The lowest BCUT2D eigenvalue weighted by molar-refractivity contribution is -0.147. The van der Waals surface area contributed by atoms with Gasteiger partial charge in [-0.2, -0.15) is 0 Å². The third kappa shape index (κ3) is 2.22. The second-order valence-electron chi connectivity index (χ2n) is 5.25. The molecule has 1 fully saturated rings. The van der Waals surface area contributed by atoms with Gasteiger partial charge < -0.3 is 10.1 Å². The number of methoxy groups -OCH3 is 1. The van der Waals surface area contributed by atoms with Crippen LogP contribution in [0.5, 0.6) is 0 Å². The van der Waals surface area contributed by atoms with Crippen molar-refractivity contribution in [3.05, 3.63) is 29.8 Å². The maximum atomic E-state index is 12.1. The first kappa shape index (κ1) is 12.9. The standard InChI is InChI=1S/C15H21NO2/c1-11-6-8-13(9-7-11)16-15(14(17)18-3)10-4-5-12(15)2/h6-9,12,16H,4-5,10H2,1-3H3. The number of nitrogens with one attached hydrogen (secondary N) is 1. The summed E-state index contributed by atoms with van der Waals surface area (Å²) in [4.78, 5) is 12.1. The molecule has 0 bridgehead atoms. The SMILES string of the molecule is COC(=O)C1(Nc2ccc(C)cc2)CCCC1C. The van der Waals surface area contributed by atoms with Gasteiger partial charge in [0, 0.05) is 5.69 Å². The number of benzene rings is 1. The molecule has 0 saturated heterocycles. The minimum absolute atomic E-state index is 0.145. The predicted molar refractivity (Wildman–Crippen MR) is 72.6 cm³/mol. The largest absolute Gasteiger partial charge is 0.467 e. The molecule has 1 aromatic rings. The fourth-order valence-corrected chi connectivity index (χ4v) is 2.80. The van der Waals surface area contributed by atoms with Gasteiger partial charge >= 0.3 is 5.97 Å². The number of carbonyl (C=O) groups excluding carboxylic acids is 1. The first-order valence-electron chi connectivity index (χ1n) is 6.52. The monoisotopic (exact) mass is 247 g/mol. The Morgan fingerprint density at radius 3 is 2.56 bits per heavy atom. The average Bonchev–Trinajstić information content (AvgIpc) is 2.74. The topological polar surface area (TPSA) is 38.3 Å². The smallest absolute Gasteiger partial charge is 0.331 e. The quantitative estimate of drug-likeness (QED) is 0.834. The number of hydrogen-bond acceptors (Lipinski definition) is 3. The summed E-state index contributed by atoms with van der Waals surface area (Å²) in [6.45, 7) is 4.17. The van der Waals surface area contributed by atoms with E-state index in [1.165, 1.54) is 12.7 Å². The Morgan fingerprint density at radius 2 is 2.06 bits per heavy atom. The van der Waals surface area contributed by atoms with Gasteiger partial charge in [0.05, 0.1) is 7.11 Å². The molecule has 1 N–H and O–H groups in total. The van der Waals surface area contributed by atoms with Crippen LogP contribution in [-0.4, -0.2) is 18.6 Å². The lowest BCUT2D eigenvalue weighted by Crippen LogP contribution is -2.49. The summed E-state index contributed by atoms with van der Waals surface area (Å²) < 4.78 is 5.00. The highest BCUT2D eigenvalue weighted by Crippen LogP contribution is 2.39. The Bertz CT molecular complexity index is 427. The van der Waals surface area contributed by atoms with Crippen molar-refractivity contribution in [2.75, 3.05) is 12.4 Å². The molecule has 0 radical (unpaired) electrons. The van der Waals surface area contributed by atoms with E-state index in [1.807, 2.05) is 24.3 Å². The van der Waals surface area contributed by atoms with Gasteiger partial charge in [0.25, 0.3) is 0 Å². The molecule has 0 aliphatic heterocycles. The molecular formula is C15H21NO2. The molecule has 98 valence electrons. The van der Waals surface area contributed by atoms with Crippen LogP contribution in [0.15, 0.2) is 24.3 Å². The molecule has 3 nitrogen and oxygen atoms in total. The zero-order valence-electron chi connectivity index (χ0n) is 11.3. The van der Waals surface area contributed by atoms with Crippen molar-refractivity contribution >= 4 is 11.7 Å². The summed E-state index contributed by atoms with van der Waals surface area (Å²) in [5, 5.41) is 3.41. The maximum absolute atomic E-state index is 12.1. The van der Waals surface area contributed by atoms with Gasteiger partial charge in [-0.1, -0.05) is 31.0 Å². The molecule has 18 heavy (non-hydrogen) atoms. The minimum atomic E-state index is -0.552. The number of esters is 1. The number of ether oxygens (including phenoxy) is 1. The van der Waals surface area contributed by atoms with Crippen molar-refractivity contribution in [1.82, 2.24) is 0 Å². The molecule has 0 aromatic heterocycles. The molecule has 2 unspecified atom stereocenters.